The smallest absolute Gasteiger partial charge is 0.245 e. The van der Waals surface area contributed by atoms with Gasteiger partial charge in [0.15, 0.2) is 0 Å². The molecular formula is C33H34N6O4S. The van der Waals surface area contributed by atoms with Crippen LogP contribution < -0.4 is 10.6 Å². The highest BCUT2D eigenvalue weighted by Crippen LogP contribution is 2.66. The summed E-state index contributed by atoms with van der Waals surface area (Å²) in [6.45, 7) is 0.143. The summed E-state index contributed by atoms with van der Waals surface area (Å²) in [5, 5.41) is 25.1. The molecule has 226 valence electrons. The first-order valence-corrected chi connectivity index (χ1v) is 15.9. The van der Waals surface area contributed by atoms with Gasteiger partial charge in [-0.25, -0.2) is 4.68 Å². The SMILES string of the molecule is O=C(NCn1nnc2ccccc21)C1N([C@@H](CO)Cc2ccccc2)C(=O)[C@@H]2[C@@H](C(=O)NCc3ccccc3)[C@H]3CCC12S3. The zero-order chi connectivity index (χ0) is 30.3. The van der Waals surface area contributed by atoms with Gasteiger partial charge >= 0.3 is 0 Å². The van der Waals surface area contributed by atoms with E-state index in [2.05, 4.69) is 20.9 Å². The van der Waals surface area contributed by atoms with Crippen LogP contribution in [0.25, 0.3) is 11.0 Å². The van der Waals surface area contributed by atoms with Crippen LogP contribution in [0.4, 0.5) is 0 Å². The molecule has 0 radical (unpaired) electrons. The Hall–Kier alpha value is -4.22. The summed E-state index contributed by atoms with van der Waals surface area (Å²) in [6.07, 6.45) is 1.78. The Morgan fingerprint density at radius 1 is 0.955 bits per heavy atom. The predicted octanol–water partition coefficient (Wildman–Crippen LogP) is 2.52. The minimum atomic E-state index is -0.849. The number of benzene rings is 3. The van der Waals surface area contributed by atoms with E-state index in [1.54, 1.807) is 21.3 Å². The first-order chi connectivity index (χ1) is 21.5. The van der Waals surface area contributed by atoms with Crippen LogP contribution in [-0.4, -0.2) is 71.4 Å². The second-order valence-corrected chi connectivity index (χ2v) is 13.4. The number of carbonyl (C=O) groups excluding carboxylic acids is 3. The van der Waals surface area contributed by atoms with E-state index in [9.17, 15) is 19.5 Å². The first-order valence-electron chi connectivity index (χ1n) is 15.0. The molecule has 7 rings (SSSR count). The molecule has 44 heavy (non-hydrogen) atoms. The molecule has 6 atom stereocenters. The van der Waals surface area contributed by atoms with Gasteiger partial charge in [-0.3, -0.25) is 14.4 Å². The van der Waals surface area contributed by atoms with Crippen LogP contribution in [0.1, 0.15) is 24.0 Å². The van der Waals surface area contributed by atoms with Gasteiger partial charge in [-0.15, -0.1) is 16.9 Å². The van der Waals surface area contributed by atoms with Gasteiger partial charge in [0.25, 0.3) is 0 Å². The second kappa shape index (κ2) is 11.7. The molecule has 10 nitrogen and oxygen atoms in total. The fourth-order valence-corrected chi connectivity index (χ4v) is 9.61. The lowest BCUT2D eigenvalue weighted by Gasteiger charge is -2.37. The summed E-state index contributed by atoms with van der Waals surface area (Å²) >= 11 is 1.61. The molecule has 2 unspecified atom stereocenters. The monoisotopic (exact) mass is 610 g/mol. The average molecular weight is 611 g/mol. The molecule has 3 saturated heterocycles. The van der Waals surface area contributed by atoms with E-state index < -0.39 is 28.7 Å². The zero-order valence-electron chi connectivity index (χ0n) is 24.1. The molecule has 2 bridgehead atoms. The van der Waals surface area contributed by atoms with Gasteiger partial charge in [0.2, 0.25) is 17.7 Å². The van der Waals surface area contributed by atoms with Crippen molar-refractivity contribution in [1.82, 2.24) is 30.5 Å². The number of thioether (sulfide) groups is 1. The van der Waals surface area contributed by atoms with Gasteiger partial charge in [-0.05, 0) is 42.5 Å². The van der Waals surface area contributed by atoms with Crippen molar-refractivity contribution >= 4 is 40.5 Å². The molecule has 11 heteroatoms. The maximum atomic E-state index is 14.5. The summed E-state index contributed by atoms with van der Waals surface area (Å²) in [5.41, 5.74) is 3.44. The van der Waals surface area contributed by atoms with Crippen molar-refractivity contribution in [3.8, 4) is 0 Å². The molecule has 3 N–H and O–H groups in total. The molecule has 1 spiro atoms. The molecule has 3 aromatic carbocycles. The van der Waals surface area contributed by atoms with E-state index in [0.29, 0.717) is 19.4 Å². The van der Waals surface area contributed by atoms with Crippen molar-refractivity contribution in [1.29, 1.82) is 0 Å². The number of nitrogens with one attached hydrogen (secondary N) is 2. The largest absolute Gasteiger partial charge is 0.394 e. The number of nitrogens with zero attached hydrogens (tertiary/aromatic N) is 4. The maximum Gasteiger partial charge on any atom is 0.245 e. The Labute approximate surface area is 259 Å². The number of rotatable bonds is 10. The van der Waals surface area contributed by atoms with Crippen LogP contribution in [0.3, 0.4) is 0 Å². The second-order valence-electron chi connectivity index (χ2n) is 11.8. The van der Waals surface area contributed by atoms with E-state index >= 15 is 0 Å². The minimum absolute atomic E-state index is 0.0573. The van der Waals surface area contributed by atoms with Crippen LogP contribution in [0, 0.1) is 11.8 Å². The van der Waals surface area contributed by atoms with Gasteiger partial charge in [-0.2, -0.15) is 0 Å². The predicted molar refractivity (Wildman–Crippen MR) is 166 cm³/mol. The lowest BCUT2D eigenvalue weighted by molar-refractivity contribution is -0.142. The van der Waals surface area contributed by atoms with E-state index in [0.717, 1.165) is 28.6 Å². The van der Waals surface area contributed by atoms with Crippen LogP contribution in [0.2, 0.25) is 0 Å². The molecule has 0 saturated carbocycles. The van der Waals surface area contributed by atoms with Crippen LogP contribution in [0.5, 0.6) is 0 Å². The number of amides is 3. The molecule has 0 aliphatic carbocycles. The lowest BCUT2D eigenvalue weighted by atomic mass is 9.70. The van der Waals surface area contributed by atoms with Crippen LogP contribution in [0.15, 0.2) is 84.9 Å². The number of likely N-dealkylation sites (tertiary alicyclic amines) is 1. The van der Waals surface area contributed by atoms with Crippen molar-refractivity contribution in [3.05, 3.63) is 96.1 Å². The van der Waals surface area contributed by atoms with Crippen molar-refractivity contribution < 1.29 is 19.5 Å². The van der Waals surface area contributed by atoms with Gasteiger partial charge in [-0.1, -0.05) is 78.0 Å². The van der Waals surface area contributed by atoms with Crippen molar-refractivity contribution in [2.24, 2.45) is 11.8 Å². The first kappa shape index (κ1) is 28.5. The number of para-hydroxylation sites is 1. The third kappa shape index (κ3) is 4.84. The number of carbonyl (C=O) groups is 3. The minimum Gasteiger partial charge on any atom is -0.394 e. The van der Waals surface area contributed by atoms with Crippen molar-refractivity contribution in [3.63, 3.8) is 0 Å². The quantitative estimate of drug-likeness (QED) is 0.252. The van der Waals surface area contributed by atoms with E-state index in [1.807, 2.05) is 84.9 Å². The molecule has 3 aliphatic rings. The summed E-state index contributed by atoms with van der Waals surface area (Å²) in [6, 6.07) is 25.4. The number of aromatic nitrogens is 3. The molecule has 3 fully saturated rings. The highest BCUT2D eigenvalue weighted by Gasteiger charge is 2.74. The fourth-order valence-electron chi connectivity index (χ4n) is 7.41. The van der Waals surface area contributed by atoms with E-state index in [4.69, 9.17) is 0 Å². The molecule has 3 amide bonds. The number of aliphatic hydroxyl groups excluding tert-OH is 1. The van der Waals surface area contributed by atoms with Crippen LogP contribution in [-0.2, 0) is 34.0 Å². The Morgan fingerprint density at radius 2 is 1.66 bits per heavy atom. The third-order valence-electron chi connectivity index (χ3n) is 9.34. The molecule has 4 heterocycles. The van der Waals surface area contributed by atoms with Gasteiger partial charge < -0.3 is 20.6 Å². The summed E-state index contributed by atoms with van der Waals surface area (Å²) in [7, 11) is 0. The fraction of sp³-hybridized carbons (Fsp3) is 0.364. The Balaban J connectivity index is 1.19. The topological polar surface area (TPSA) is 129 Å². The Morgan fingerprint density at radius 3 is 2.41 bits per heavy atom. The van der Waals surface area contributed by atoms with Gasteiger partial charge in [0, 0.05) is 11.8 Å². The number of fused-ring (bicyclic) bond motifs is 2. The third-order valence-corrected chi connectivity index (χ3v) is 11.3. The van der Waals surface area contributed by atoms with Crippen LogP contribution >= 0.6 is 11.8 Å². The maximum absolute atomic E-state index is 14.5. The number of hydrogen-bond acceptors (Lipinski definition) is 7. The molecule has 4 aromatic rings. The standard InChI is InChI=1S/C33H34N6O4S/c40-19-23(17-21-9-3-1-4-10-21)39-29(31(42)35-20-38-25-14-8-7-13-24(25)36-37-38)33-16-15-26(44-33)27(28(33)32(39)43)30(41)34-18-22-11-5-2-6-12-22/h1-14,23,26-29,40H,15-20H2,(H,34,41)(H,35,42)/t23-,26-,27+,28+,29?,33?/m1/s1. The van der Waals surface area contributed by atoms with Gasteiger partial charge in [0.1, 0.15) is 18.2 Å². The Kier molecular flexibility index (Phi) is 7.59. The highest BCUT2D eigenvalue weighted by molar-refractivity contribution is 8.02. The molecular weight excluding hydrogens is 576 g/mol. The van der Waals surface area contributed by atoms with Gasteiger partial charge in [0.05, 0.1) is 34.7 Å². The van der Waals surface area contributed by atoms with E-state index in [1.165, 1.54) is 0 Å². The summed E-state index contributed by atoms with van der Waals surface area (Å²) in [4.78, 5) is 44.1. The number of hydrogen-bond donors (Lipinski definition) is 3. The Bertz CT molecular complexity index is 1680. The summed E-state index contributed by atoms with van der Waals surface area (Å²) in [5.74, 6) is -1.92. The average Bonchev–Trinajstić information content (AvgIpc) is 3.81. The van der Waals surface area contributed by atoms with E-state index in [-0.39, 0.29) is 36.2 Å². The number of aliphatic hydroxyl groups is 1. The normalized spacial score (nSPS) is 26.1. The molecule has 3 aliphatic heterocycles. The highest BCUT2D eigenvalue weighted by atomic mass is 32.2. The zero-order valence-corrected chi connectivity index (χ0v) is 24.9. The lowest BCUT2D eigenvalue weighted by Crippen LogP contribution is -2.57. The summed E-state index contributed by atoms with van der Waals surface area (Å²) < 4.78 is 0.852. The van der Waals surface area contributed by atoms with Crippen molar-refractivity contribution in [2.75, 3.05) is 6.61 Å². The molecule has 1 aromatic heterocycles. The van der Waals surface area contributed by atoms with Crippen molar-refractivity contribution in [2.45, 2.75) is 54.6 Å².